The molecule has 0 aliphatic heterocycles. The molecule has 2 heterocycles. The van der Waals surface area contributed by atoms with E-state index in [-0.39, 0.29) is 5.91 Å². The summed E-state index contributed by atoms with van der Waals surface area (Å²) in [7, 11) is 0. The molecule has 0 aromatic carbocycles. The Morgan fingerprint density at radius 3 is 2.62 bits per heavy atom. The SMILES string of the molecule is CC(C)CNc1ncc(C(=O)NCc2cccnc2)cn1. The van der Waals surface area contributed by atoms with Crippen molar-refractivity contribution in [2.24, 2.45) is 5.92 Å². The van der Waals surface area contributed by atoms with E-state index < -0.39 is 0 Å². The van der Waals surface area contributed by atoms with Crippen LogP contribution in [0.4, 0.5) is 5.95 Å². The van der Waals surface area contributed by atoms with Gasteiger partial charge in [0.1, 0.15) is 0 Å². The quantitative estimate of drug-likeness (QED) is 0.847. The Morgan fingerprint density at radius 2 is 2.00 bits per heavy atom. The van der Waals surface area contributed by atoms with Gasteiger partial charge in [0.2, 0.25) is 5.95 Å². The maximum atomic E-state index is 12.0. The Morgan fingerprint density at radius 1 is 1.24 bits per heavy atom. The molecule has 2 rings (SSSR count). The standard InChI is InChI=1S/C15H19N5O/c1-11(2)6-18-15-19-9-13(10-20-15)14(21)17-8-12-4-3-5-16-7-12/h3-5,7,9-11H,6,8H2,1-2H3,(H,17,21)(H,18,19,20). The molecule has 6 heteroatoms. The summed E-state index contributed by atoms with van der Waals surface area (Å²) in [6, 6.07) is 3.74. The Labute approximate surface area is 124 Å². The van der Waals surface area contributed by atoms with E-state index in [1.807, 2.05) is 12.1 Å². The minimum Gasteiger partial charge on any atom is -0.354 e. The van der Waals surface area contributed by atoms with Gasteiger partial charge < -0.3 is 10.6 Å². The van der Waals surface area contributed by atoms with Gasteiger partial charge in [-0.15, -0.1) is 0 Å². The van der Waals surface area contributed by atoms with Crippen molar-refractivity contribution in [1.82, 2.24) is 20.3 Å². The van der Waals surface area contributed by atoms with Crippen LogP contribution in [0.5, 0.6) is 0 Å². The number of rotatable bonds is 6. The van der Waals surface area contributed by atoms with Crippen LogP contribution in [-0.2, 0) is 6.54 Å². The lowest BCUT2D eigenvalue weighted by atomic mass is 10.2. The molecule has 0 bridgehead atoms. The van der Waals surface area contributed by atoms with E-state index in [4.69, 9.17) is 0 Å². The molecule has 0 saturated carbocycles. The van der Waals surface area contributed by atoms with E-state index in [0.717, 1.165) is 12.1 Å². The normalized spacial score (nSPS) is 10.4. The van der Waals surface area contributed by atoms with Crippen LogP contribution in [0.2, 0.25) is 0 Å². The summed E-state index contributed by atoms with van der Waals surface area (Å²) in [6.45, 7) is 5.44. The van der Waals surface area contributed by atoms with Gasteiger partial charge in [0, 0.05) is 37.9 Å². The maximum Gasteiger partial charge on any atom is 0.254 e. The van der Waals surface area contributed by atoms with Crippen molar-refractivity contribution in [2.75, 3.05) is 11.9 Å². The molecule has 0 radical (unpaired) electrons. The summed E-state index contributed by atoms with van der Waals surface area (Å²) in [5, 5.41) is 5.91. The predicted molar refractivity (Wildman–Crippen MR) is 80.8 cm³/mol. The van der Waals surface area contributed by atoms with Crippen molar-refractivity contribution in [1.29, 1.82) is 0 Å². The maximum absolute atomic E-state index is 12.0. The van der Waals surface area contributed by atoms with Gasteiger partial charge in [-0.05, 0) is 17.5 Å². The third-order valence-corrected chi connectivity index (χ3v) is 2.76. The largest absolute Gasteiger partial charge is 0.354 e. The number of hydrogen-bond acceptors (Lipinski definition) is 5. The highest BCUT2D eigenvalue weighted by molar-refractivity contribution is 5.93. The topological polar surface area (TPSA) is 79.8 Å². The number of amides is 1. The molecule has 2 N–H and O–H groups in total. The van der Waals surface area contributed by atoms with E-state index in [0.29, 0.717) is 24.0 Å². The lowest BCUT2D eigenvalue weighted by Crippen LogP contribution is -2.23. The molecule has 0 aliphatic rings. The molecule has 2 aromatic heterocycles. The fourth-order valence-electron chi connectivity index (χ4n) is 1.62. The lowest BCUT2D eigenvalue weighted by Gasteiger charge is -2.08. The number of nitrogens with zero attached hydrogens (tertiary/aromatic N) is 3. The van der Waals surface area contributed by atoms with Crippen LogP contribution in [-0.4, -0.2) is 27.4 Å². The van der Waals surface area contributed by atoms with E-state index >= 15 is 0 Å². The van der Waals surface area contributed by atoms with Crippen molar-refractivity contribution in [3.8, 4) is 0 Å². The highest BCUT2D eigenvalue weighted by Gasteiger charge is 2.07. The number of pyridine rings is 1. The van der Waals surface area contributed by atoms with Crippen molar-refractivity contribution >= 4 is 11.9 Å². The van der Waals surface area contributed by atoms with Gasteiger partial charge >= 0.3 is 0 Å². The third-order valence-electron chi connectivity index (χ3n) is 2.76. The van der Waals surface area contributed by atoms with E-state index in [1.165, 1.54) is 12.4 Å². The molecular weight excluding hydrogens is 266 g/mol. The highest BCUT2D eigenvalue weighted by atomic mass is 16.1. The molecule has 1 amide bonds. The van der Waals surface area contributed by atoms with E-state index in [2.05, 4.69) is 39.4 Å². The fraction of sp³-hybridized carbons (Fsp3) is 0.333. The molecule has 2 aromatic rings. The summed E-state index contributed by atoms with van der Waals surface area (Å²) in [6.07, 6.45) is 6.46. The molecule has 110 valence electrons. The zero-order chi connectivity index (χ0) is 15.1. The lowest BCUT2D eigenvalue weighted by molar-refractivity contribution is 0.0950. The van der Waals surface area contributed by atoms with E-state index in [9.17, 15) is 4.79 Å². The van der Waals surface area contributed by atoms with Crippen LogP contribution < -0.4 is 10.6 Å². The summed E-state index contributed by atoms with van der Waals surface area (Å²) < 4.78 is 0. The second-order valence-electron chi connectivity index (χ2n) is 5.11. The number of aromatic nitrogens is 3. The molecule has 0 unspecified atom stereocenters. The molecule has 0 atom stereocenters. The van der Waals surface area contributed by atoms with Gasteiger partial charge in [-0.2, -0.15) is 0 Å². The summed E-state index contributed by atoms with van der Waals surface area (Å²) in [4.78, 5) is 24.2. The van der Waals surface area contributed by atoms with Crippen LogP contribution in [0.1, 0.15) is 29.8 Å². The molecule has 0 saturated heterocycles. The zero-order valence-corrected chi connectivity index (χ0v) is 12.2. The number of carbonyl (C=O) groups is 1. The van der Waals surface area contributed by atoms with E-state index in [1.54, 1.807) is 12.4 Å². The average molecular weight is 285 g/mol. The molecule has 21 heavy (non-hydrogen) atoms. The third kappa shape index (κ3) is 4.83. The summed E-state index contributed by atoms with van der Waals surface area (Å²) in [5.41, 5.74) is 1.39. The van der Waals surface area contributed by atoms with Gasteiger partial charge in [-0.25, -0.2) is 9.97 Å². The molecule has 0 fully saturated rings. The molecular formula is C15H19N5O. The minimum atomic E-state index is -0.200. The van der Waals surface area contributed by atoms with Gasteiger partial charge in [0.05, 0.1) is 5.56 Å². The van der Waals surface area contributed by atoms with Crippen molar-refractivity contribution < 1.29 is 4.79 Å². The van der Waals surface area contributed by atoms with Crippen molar-refractivity contribution in [2.45, 2.75) is 20.4 Å². The number of hydrogen-bond donors (Lipinski definition) is 2. The van der Waals surface area contributed by atoms with Crippen molar-refractivity contribution in [3.05, 3.63) is 48.0 Å². The Balaban J connectivity index is 1.88. The number of nitrogens with one attached hydrogen (secondary N) is 2. The van der Waals surface area contributed by atoms with Crippen molar-refractivity contribution in [3.63, 3.8) is 0 Å². The summed E-state index contributed by atoms with van der Waals surface area (Å²) >= 11 is 0. The summed E-state index contributed by atoms with van der Waals surface area (Å²) in [5.74, 6) is 0.845. The highest BCUT2D eigenvalue weighted by Crippen LogP contribution is 2.03. The monoisotopic (exact) mass is 285 g/mol. The van der Waals surface area contributed by atoms with Crippen LogP contribution in [0.15, 0.2) is 36.9 Å². The van der Waals surface area contributed by atoms with Gasteiger partial charge in [0.25, 0.3) is 5.91 Å². The zero-order valence-electron chi connectivity index (χ0n) is 12.2. The first kappa shape index (κ1) is 14.9. The first-order chi connectivity index (χ1) is 10.1. The van der Waals surface area contributed by atoms with Gasteiger partial charge in [-0.3, -0.25) is 9.78 Å². The van der Waals surface area contributed by atoms with Gasteiger partial charge in [-0.1, -0.05) is 19.9 Å². The minimum absolute atomic E-state index is 0.200. The number of carbonyl (C=O) groups excluding carboxylic acids is 1. The average Bonchev–Trinajstić information content (AvgIpc) is 2.52. The smallest absolute Gasteiger partial charge is 0.254 e. The fourth-order valence-corrected chi connectivity index (χ4v) is 1.62. The van der Waals surface area contributed by atoms with Crippen LogP contribution in [0, 0.1) is 5.92 Å². The Kier molecular flexibility index (Phi) is 5.20. The first-order valence-corrected chi connectivity index (χ1v) is 6.88. The molecule has 0 aliphatic carbocycles. The van der Waals surface area contributed by atoms with Crippen LogP contribution >= 0.6 is 0 Å². The Bertz CT molecular complexity index is 568. The predicted octanol–water partition coefficient (Wildman–Crippen LogP) is 1.87. The van der Waals surface area contributed by atoms with Gasteiger partial charge in [0.15, 0.2) is 0 Å². The molecule has 0 spiro atoms. The number of anilines is 1. The second-order valence-corrected chi connectivity index (χ2v) is 5.11. The molecule has 6 nitrogen and oxygen atoms in total. The Hall–Kier alpha value is -2.50. The van der Waals surface area contributed by atoms with Crippen LogP contribution in [0.3, 0.4) is 0 Å². The van der Waals surface area contributed by atoms with Crippen LogP contribution in [0.25, 0.3) is 0 Å². The second kappa shape index (κ2) is 7.33. The first-order valence-electron chi connectivity index (χ1n) is 6.88.